The minimum atomic E-state index is -0.0483. The highest BCUT2D eigenvalue weighted by atomic mass is 19.1. The van der Waals surface area contributed by atoms with Crippen LogP contribution in [0.2, 0.25) is 0 Å². The van der Waals surface area contributed by atoms with E-state index in [9.17, 15) is 4.39 Å². The van der Waals surface area contributed by atoms with Gasteiger partial charge in [0.15, 0.2) is 0 Å². The Labute approximate surface area is 103 Å². The highest BCUT2D eigenvalue weighted by Crippen LogP contribution is 2.38. The zero-order valence-corrected chi connectivity index (χ0v) is 10.9. The highest BCUT2D eigenvalue weighted by Gasteiger charge is 2.32. The predicted molar refractivity (Wildman–Crippen MR) is 69.6 cm³/mol. The van der Waals surface area contributed by atoms with Gasteiger partial charge in [-0.15, -0.1) is 0 Å². The number of hydrogen-bond acceptors (Lipinski definition) is 1. The Morgan fingerprint density at radius 1 is 1.18 bits per heavy atom. The van der Waals surface area contributed by atoms with Crippen molar-refractivity contribution in [2.45, 2.75) is 51.6 Å². The molecule has 1 aliphatic carbocycles. The van der Waals surface area contributed by atoms with Gasteiger partial charge >= 0.3 is 0 Å². The van der Waals surface area contributed by atoms with Crippen LogP contribution in [0.15, 0.2) is 24.3 Å². The second-order valence-electron chi connectivity index (χ2n) is 5.59. The van der Waals surface area contributed by atoms with E-state index in [1.54, 1.807) is 12.1 Å². The van der Waals surface area contributed by atoms with Crippen LogP contribution < -0.4 is 5.32 Å². The largest absolute Gasteiger partial charge is 0.311 e. The normalized spacial score (nSPS) is 25.7. The lowest BCUT2D eigenvalue weighted by Crippen LogP contribution is -2.46. The van der Waals surface area contributed by atoms with E-state index in [0.29, 0.717) is 23.9 Å². The summed E-state index contributed by atoms with van der Waals surface area (Å²) >= 11 is 0. The smallest absolute Gasteiger partial charge is 0.126 e. The van der Waals surface area contributed by atoms with Crippen LogP contribution >= 0.6 is 0 Å². The van der Waals surface area contributed by atoms with Crippen LogP contribution in [0.1, 0.15) is 45.1 Å². The van der Waals surface area contributed by atoms with Gasteiger partial charge in [-0.3, -0.25) is 0 Å². The van der Waals surface area contributed by atoms with Crippen molar-refractivity contribution < 1.29 is 4.39 Å². The maximum Gasteiger partial charge on any atom is 0.126 e. The summed E-state index contributed by atoms with van der Waals surface area (Å²) in [6, 6.07) is 8.28. The van der Waals surface area contributed by atoms with Crippen molar-refractivity contribution in [1.82, 2.24) is 5.32 Å². The zero-order chi connectivity index (χ0) is 12.4. The van der Waals surface area contributed by atoms with Gasteiger partial charge in [-0.05, 0) is 43.2 Å². The van der Waals surface area contributed by atoms with Crippen LogP contribution in [0, 0.1) is 11.7 Å². The second-order valence-corrected chi connectivity index (χ2v) is 5.59. The average Bonchev–Trinajstić information content (AvgIpc) is 2.24. The molecule has 0 saturated heterocycles. The molecule has 1 unspecified atom stereocenters. The van der Waals surface area contributed by atoms with Gasteiger partial charge < -0.3 is 5.32 Å². The van der Waals surface area contributed by atoms with Crippen molar-refractivity contribution >= 4 is 0 Å². The van der Waals surface area contributed by atoms with Crippen LogP contribution in [0.3, 0.4) is 0 Å². The molecule has 1 aromatic rings. The molecule has 1 nitrogen and oxygen atoms in total. The molecule has 1 atom stereocenters. The summed E-state index contributed by atoms with van der Waals surface area (Å²) in [4.78, 5) is 0. The molecule has 1 aliphatic rings. The maximum absolute atomic E-state index is 13.6. The molecule has 0 aromatic heterocycles. The molecule has 1 N–H and O–H groups in total. The Hall–Kier alpha value is -0.890. The van der Waals surface area contributed by atoms with Crippen molar-refractivity contribution in [3.8, 4) is 0 Å². The zero-order valence-electron chi connectivity index (χ0n) is 10.9. The van der Waals surface area contributed by atoms with E-state index in [2.05, 4.69) is 26.1 Å². The van der Waals surface area contributed by atoms with Gasteiger partial charge in [0.25, 0.3) is 0 Å². The molecule has 0 radical (unpaired) electrons. The van der Waals surface area contributed by atoms with Gasteiger partial charge in [0.2, 0.25) is 0 Å². The fourth-order valence-corrected chi connectivity index (χ4v) is 2.38. The fourth-order valence-electron chi connectivity index (χ4n) is 2.38. The van der Waals surface area contributed by atoms with Crippen molar-refractivity contribution in [2.24, 2.45) is 5.92 Å². The third-order valence-corrected chi connectivity index (χ3v) is 3.98. The van der Waals surface area contributed by atoms with Crippen LogP contribution in [-0.2, 0) is 0 Å². The van der Waals surface area contributed by atoms with E-state index >= 15 is 0 Å². The summed E-state index contributed by atoms with van der Waals surface area (Å²) in [6.45, 7) is 6.68. The number of nitrogens with one attached hydrogen (secondary N) is 1. The Morgan fingerprint density at radius 2 is 1.82 bits per heavy atom. The quantitative estimate of drug-likeness (QED) is 0.839. The minimum absolute atomic E-state index is 0.0483. The van der Waals surface area contributed by atoms with E-state index < -0.39 is 0 Å². The summed E-state index contributed by atoms with van der Waals surface area (Å²) in [6.07, 6.45) is 2.13. The molecule has 1 aromatic carbocycles. The number of rotatable bonds is 4. The summed E-state index contributed by atoms with van der Waals surface area (Å²) < 4.78 is 13.6. The van der Waals surface area contributed by atoms with Gasteiger partial charge in [-0.1, -0.05) is 32.0 Å². The number of benzene rings is 1. The first kappa shape index (κ1) is 12.6. The van der Waals surface area contributed by atoms with Gasteiger partial charge in [0.05, 0.1) is 0 Å². The van der Waals surface area contributed by atoms with E-state index in [0.717, 1.165) is 18.4 Å². The Bertz CT molecular complexity index is 369. The molecular formula is C15H22FN. The Morgan fingerprint density at radius 3 is 2.41 bits per heavy atom. The minimum Gasteiger partial charge on any atom is -0.311 e. The predicted octanol–water partition coefficient (Wildman–Crippen LogP) is 3.71. The molecule has 0 heterocycles. The van der Waals surface area contributed by atoms with Gasteiger partial charge in [-0.2, -0.15) is 0 Å². The second kappa shape index (κ2) is 5.18. The Balaban J connectivity index is 1.85. The van der Waals surface area contributed by atoms with E-state index in [1.807, 2.05) is 12.1 Å². The molecule has 0 aliphatic heterocycles. The summed E-state index contributed by atoms with van der Waals surface area (Å²) in [5, 5.41) is 3.61. The average molecular weight is 235 g/mol. The number of halogens is 1. The van der Waals surface area contributed by atoms with Crippen LogP contribution in [0.25, 0.3) is 0 Å². The van der Waals surface area contributed by atoms with E-state index in [4.69, 9.17) is 0 Å². The Kier molecular flexibility index (Phi) is 3.82. The third-order valence-electron chi connectivity index (χ3n) is 3.98. The van der Waals surface area contributed by atoms with Gasteiger partial charge in [-0.25, -0.2) is 4.39 Å². The molecule has 0 bridgehead atoms. The molecule has 1 fully saturated rings. The lowest BCUT2D eigenvalue weighted by Gasteiger charge is -2.39. The van der Waals surface area contributed by atoms with Crippen molar-refractivity contribution in [1.29, 1.82) is 0 Å². The van der Waals surface area contributed by atoms with E-state index in [-0.39, 0.29) is 5.82 Å². The highest BCUT2D eigenvalue weighted by molar-refractivity contribution is 5.24. The van der Waals surface area contributed by atoms with Crippen molar-refractivity contribution in [3.05, 3.63) is 35.6 Å². The number of hydrogen-bond donors (Lipinski definition) is 1. The van der Waals surface area contributed by atoms with Crippen LogP contribution in [0.5, 0.6) is 0 Å². The van der Waals surface area contributed by atoms with E-state index in [1.165, 1.54) is 0 Å². The molecule has 17 heavy (non-hydrogen) atoms. The molecular weight excluding hydrogens is 213 g/mol. The SMILES string of the molecule is CC(C)C(C)NC1CC(c2ccccc2F)C1. The monoisotopic (exact) mass is 235 g/mol. The topological polar surface area (TPSA) is 12.0 Å². The molecule has 0 amide bonds. The molecule has 2 heteroatoms. The van der Waals surface area contributed by atoms with Gasteiger partial charge in [0.1, 0.15) is 5.82 Å². The third kappa shape index (κ3) is 2.86. The first-order valence-corrected chi connectivity index (χ1v) is 6.58. The first-order valence-electron chi connectivity index (χ1n) is 6.58. The lowest BCUT2D eigenvalue weighted by molar-refractivity contribution is 0.245. The van der Waals surface area contributed by atoms with Gasteiger partial charge in [0, 0.05) is 12.1 Å². The molecule has 0 spiro atoms. The fraction of sp³-hybridized carbons (Fsp3) is 0.600. The standard InChI is InChI=1S/C15H22FN/c1-10(2)11(3)17-13-8-12(9-13)14-6-4-5-7-15(14)16/h4-7,10-13,17H,8-9H2,1-3H3. The summed E-state index contributed by atoms with van der Waals surface area (Å²) in [5.74, 6) is 1.02. The summed E-state index contributed by atoms with van der Waals surface area (Å²) in [7, 11) is 0. The first-order chi connectivity index (χ1) is 8.08. The van der Waals surface area contributed by atoms with Crippen molar-refractivity contribution in [2.75, 3.05) is 0 Å². The van der Waals surface area contributed by atoms with Crippen molar-refractivity contribution in [3.63, 3.8) is 0 Å². The molecule has 2 rings (SSSR count). The lowest BCUT2D eigenvalue weighted by atomic mass is 9.75. The summed E-state index contributed by atoms with van der Waals surface area (Å²) in [5.41, 5.74) is 0.891. The van der Waals surface area contributed by atoms with Crippen LogP contribution in [0.4, 0.5) is 4.39 Å². The van der Waals surface area contributed by atoms with Crippen LogP contribution in [-0.4, -0.2) is 12.1 Å². The maximum atomic E-state index is 13.6. The molecule has 94 valence electrons. The molecule has 1 saturated carbocycles.